The predicted molar refractivity (Wildman–Crippen MR) is 100 cm³/mol. The number of hydrogen-bond acceptors (Lipinski definition) is 6. The molecule has 7 nitrogen and oxygen atoms in total. The maximum atomic E-state index is 5.53. The molecule has 1 saturated heterocycles. The molecule has 2 aliphatic heterocycles. The lowest BCUT2D eigenvalue weighted by Crippen LogP contribution is -2.32. The molecule has 0 aromatic carbocycles. The first-order valence-electron chi connectivity index (χ1n) is 9.64. The molecule has 4 rings (SSSR count). The van der Waals surface area contributed by atoms with E-state index in [1.165, 1.54) is 23.2 Å². The normalized spacial score (nSPS) is 20.7. The molecule has 4 heterocycles. The molecule has 0 radical (unpaired) electrons. The maximum absolute atomic E-state index is 5.53. The van der Waals surface area contributed by atoms with Gasteiger partial charge in [-0.1, -0.05) is 0 Å². The molecule has 2 aromatic heterocycles. The van der Waals surface area contributed by atoms with Crippen molar-refractivity contribution in [1.29, 1.82) is 0 Å². The standard InChI is InChI=1S/C19H28N6O/c1-15-10-23-25(11-15)8-5-20-19-17-2-6-24(12-16-4-9-26-13-16)7-3-18(17)21-14-22-19/h10-11,14,16H,2-9,12-13H2,1H3,(H,20,21,22)/t16-/m0/s1. The monoisotopic (exact) mass is 356 g/mol. The van der Waals surface area contributed by atoms with Crippen molar-refractivity contribution in [3.63, 3.8) is 0 Å². The number of ether oxygens (including phenoxy) is 1. The Bertz CT molecular complexity index is 725. The van der Waals surface area contributed by atoms with Gasteiger partial charge < -0.3 is 15.0 Å². The van der Waals surface area contributed by atoms with Crippen molar-refractivity contribution < 1.29 is 4.74 Å². The summed E-state index contributed by atoms with van der Waals surface area (Å²) in [7, 11) is 0. The molecule has 2 aliphatic rings. The molecule has 0 amide bonds. The number of hydrogen-bond donors (Lipinski definition) is 1. The van der Waals surface area contributed by atoms with Crippen LogP contribution in [0, 0.1) is 12.8 Å². The Hall–Kier alpha value is -1.99. The lowest BCUT2D eigenvalue weighted by molar-refractivity contribution is 0.168. The van der Waals surface area contributed by atoms with Gasteiger partial charge in [-0.25, -0.2) is 9.97 Å². The number of nitrogens with zero attached hydrogens (tertiary/aromatic N) is 5. The van der Waals surface area contributed by atoms with Crippen LogP contribution < -0.4 is 5.32 Å². The molecule has 0 spiro atoms. The van der Waals surface area contributed by atoms with Crippen LogP contribution in [-0.2, 0) is 24.1 Å². The van der Waals surface area contributed by atoms with E-state index in [0.29, 0.717) is 5.92 Å². The SMILES string of the molecule is Cc1cnn(CCNc2ncnc3c2CCN(C[C@@H]2CCOC2)CC3)c1. The number of fused-ring (bicyclic) bond motifs is 1. The molecule has 0 bridgehead atoms. The van der Waals surface area contributed by atoms with E-state index in [9.17, 15) is 0 Å². The molecule has 0 unspecified atom stereocenters. The van der Waals surface area contributed by atoms with Gasteiger partial charge in [0, 0.05) is 51.0 Å². The summed E-state index contributed by atoms with van der Waals surface area (Å²) in [6.07, 6.45) is 8.85. The second-order valence-electron chi connectivity index (χ2n) is 7.39. The number of aromatic nitrogens is 4. The number of anilines is 1. The molecule has 0 saturated carbocycles. The first-order chi connectivity index (χ1) is 12.8. The van der Waals surface area contributed by atoms with Crippen LogP contribution in [0.4, 0.5) is 5.82 Å². The van der Waals surface area contributed by atoms with Gasteiger partial charge in [0.05, 0.1) is 25.0 Å². The average molecular weight is 356 g/mol. The largest absolute Gasteiger partial charge is 0.381 e. The van der Waals surface area contributed by atoms with E-state index in [1.807, 2.05) is 10.9 Å². The number of aryl methyl sites for hydroxylation is 1. The first kappa shape index (κ1) is 17.4. The Morgan fingerprint density at radius 1 is 1.27 bits per heavy atom. The van der Waals surface area contributed by atoms with E-state index < -0.39 is 0 Å². The highest BCUT2D eigenvalue weighted by atomic mass is 16.5. The van der Waals surface area contributed by atoms with Crippen LogP contribution in [0.1, 0.15) is 23.2 Å². The molecule has 26 heavy (non-hydrogen) atoms. The molecule has 7 heteroatoms. The predicted octanol–water partition coefficient (Wildman–Crippen LogP) is 1.53. The van der Waals surface area contributed by atoms with Gasteiger partial charge in [-0.05, 0) is 31.2 Å². The Morgan fingerprint density at radius 2 is 2.19 bits per heavy atom. The number of nitrogens with one attached hydrogen (secondary N) is 1. The minimum Gasteiger partial charge on any atom is -0.381 e. The second kappa shape index (κ2) is 8.14. The smallest absolute Gasteiger partial charge is 0.132 e. The first-order valence-corrected chi connectivity index (χ1v) is 9.64. The van der Waals surface area contributed by atoms with Gasteiger partial charge in [0.25, 0.3) is 0 Å². The van der Waals surface area contributed by atoms with Crippen LogP contribution in [0.2, 0.25) is 0 Å². The molecule has 1 fully saturated rings. The van der Waals surface area contributed by atoms with E-state index in [2.05, 4.69) is 38.4 Å². The topological polar surface area (TPSA) is 68.1 Å². The zero-order valence-corrected chi connectivity index (χ0v) is 15.5. The highest BCUT2D eigenvalue weighted by Crippen LogP contribution is 2.22. The molecule has 140 valence electrons. The minimum absolute atomic E-state index is 0.692. The van der Waals surface area contributed by atoms with Crippen molar-refractivity contribution in [3.8, 4) is 0 Å². The van der Waals surface area contributed by atoms with Crippen molar-refractivity contribution in [3.05, 3.63) is 35.5 Å². The van der Waals surface area contributed by atoms with E-state index in [0.717, 1.165) is 64.6 Å². The molecule has 1 N–H and O–H groups in total. The van der Waals surface area contributed by atoms with E-state index in [4.69, 9.17) is 4.74 Å². The fraction of sp³-hybridized carbons (Fsp3) is 0.632. The lowest BCUT2D eigenvalue weighted by Gasteiger charge is -2.22. The van der Waals surface area contributed by atoms with Gasteiger partial charge in [0.1, 0.15) is 12.1 Å². The summed E-state index contributed by atoms with van der Waals surface area (Å²) in [6.45, 7) is 8.84. The summed E-state index contributed by atoms with van der Waals surface area (Å²) in [5.41, 5.74) is 3.67. The summed E-state index contributed by atoms with van der Waals surface area (Å²) in [5, 5.41) is 7.83. The van der Waals surface area contributed by atoms with Crippen molar-refractivity contribution in [2.24, 2.45) is 5.92 Å². The third-order valence-corrected chi connectivity index (χ3v) is 5.31. The molecule has 0 aliphatic carbocycles. The van der Waals surface area contributed by atoms with E-state index in [-0.39, 0.29) is 0 Å². The van der Waals surface area contributed by atoms with E-state index >= 15 is 0 Å². The third kappa shape index (κ3) is 4.22. The summed E-state index contributed by atoms with van der Waals surface area (Å²) in [5.74, 6) is 1.68. The number of rotatable bonds is 6. The van der Waals surface area contributed by atoms with Gasteiger partial charge in [-0.2, -0.15) is 5.10 Å². The fourth-order valence-electron chi connectivity index (χ4n) is 3.88. The Morgan fingerprint density at radius 3 is 3.00 bits per heavy atom. The van der Waals surface area contributed by atoms with Gasteiger partial charge >= 0.3 is 0 Å². The average Bonchev–Trinajstić information content (AvgIpc) is 3.25. The van der Waals surface area contributed by atoms with Crippen LogP contribution in [0.5, 0.6) is 0 Å². The third-order valence-electron chi connectivity index (χ3n) is 5.31. The summed E-state index contributed by atoms with van der Waals surface area (Å²) in [6, 6.07) is 0. The Labute approximate surface area is 154 Å². The van der Waals surface area contributed by atoms with Crippen molar-refractivity contribution in [2.45, 2.75) is 32.7 Å². The van der Waals surface area contributed by atoms with Crippen molar-refractivity contribution >= 4 is 5.82 Å². The quantitative estimate of drug-likeness (QED) is 0.847. The van der Waals surface area contributed by atoms with Crippen molar-refractivity contribution in [1.82, 2.24) is 24.6 Å². The molecule has 2 aromatic rings. The molecular formula is C19H28N6O. The zero-order chi connectivity index (χ0) is 17.8. The van der Waals surface area contributed by atoms with Crippen LogP contribution in [0.15, 0.2) is 18.7 Å². The fourth-order valence-corrected chi connectivity index (χ4v) is 3.88. The Kier molecular flexibility index (Phi) is 5.45. The lowest BCUT2D eigenvalue weighted by atomic mass is 10.1. The van der Waals surface area contributed by atoms with Gasteiger partial charge in [-0.3, -0.25) is 4.68 Å². The van der Waals surface area contributed by atoms with Gasteiger partial charge in [0.2, 0.25) is 0 Å². The summed E-state index contributed by atoms with van der Waals surface area (Å²) in [4.78, 5) is 11.6. The minimum atomic E-state index is 0.692. The summed E-state index contributed by atoms with van der Waals surface area (Å²) < 4.78 is 7.49. The highest BCUT2D eigenvalue weighted by Gasteiger charge is 2.23. The Balaban J connectivity index is 1.35. The van der Waals surface area contributed by atoms with Gasteiger partial charge in [-0.15, -0.1) is 0 Å². The van der Waals surface area contributed by atoms with Crippen LogP contribution >= 0.6 is 0 Å². The van der Waals surface area contributed by atoms with Crippen LogP contribution in [-0.4, -0.2) is 64.0 Å². The van der Waals surface area contributed by atoms with Gasteiger partial charge in [0.15, 0.2) is 0 Å². The summed E-state index contributed by atoms with van der Waals surface area (Å²) >= 11 is 0. The zero-order valence-electron chi connectivity index (χ0n) is 15.5. The molecular weight excluding hydrogens is 328 g/mol. The van der Waals surface area contributed by atoms with Crippen LogP contribution in [0.3, 0.4) is 0 Å². The highest BCUT2D eigenvalue weighted by molar-refractivity contribution is 5.46. The molecule has 1 atom stereocenters. The maximum Gasteiger partial charge on any atom is 0.132 e. The second-order valence-corrected chi connectivity index (χ2v) is 7.39. The van der Waals surface area contributed by atoms with Crippen LogP contribution in [0.25, 0.3) is 0 Å². The van der Waals surface area contributed by atoms with Crippen molar-refractivity contribution in [2.75, 3.05) is 44.7 Å². The van der Waals surface area contributed by atoms with E-state index in [1.54, 1.807) is 6.33 Å².